The van der Waals surface area contributed by atoms with Crippen LogP contribution in [0, 0.1) is 5.92 Å². The van der Waals surface area contributed by atoms with Crippen molar-refractivity contribution in [2.24, 2.45) is 5.92 Å². The van der Waals surface area contributed by atoms with Crippen molar-refractivity contribution in [1.29, 1.82) is 0 Å². The van der Waals surface area contributed by atoms with Crippen molar-refractivity contribution >= 4 is 44.2 Å². The molecular weight excluding hydrogens is 370 g/mol. The molecule has 1 aliphatic carbocycles. The average Bonchev–Trinajstić information content (AvgIpc) is 3.36. The van der Waals surface area contributed by atoms with Crippen LogP contribution >= 0.6 is 11.3 Å². The molecule has 0 bridgehead atoms. The predicted molar refractivity (Wildman–Crippen MR) is 114 cm³/mol. The molecule has 1 aliphatic rings. The maximum atomic E-state index is 12.3. The molecule has 1 saturated carbocycles. The molecule has 6 heteroatoms. The van der Waals surface area contributed by atoms with E-state index in [2.05, 4.69) is 15.6 Å². The molecule has 2 N–H and O–H groups in total. The summed E-state index contributed by atoms with van der Waals surface area (Å²) in [5.41, 5.74) is 2.11. The fourth-order valence-electron chi connectivity index (χ4n) is 3.68. The van der Waals surface area contributed by atoms with Gasteiger partial charge < -0.3 is 5.32 Å². The summed E-state index contributed by atoms with van der Waals surface area (Å²) < 4.78 is 0.965. The summed E-state index contributed by atoms with van der Waals surface area (Å²) in [6.07, 6.45) is 6.66. The monoisotopic (exact) mass is 393 g/mol. The lowest BCUT2D eigenvalue weighted by molar-refractivity contribution is -0.116. The van der Waals surface area contributed by atoms with Crippen molar-refractivity contribution in [3.8, 4) is 0 Å². The van der Waals surface area contributed by atoms with Crippen LogP contribution in [0.3, 0.4) is 0 Å². The number of thiazole rings is 1. The highest BCUT2D eigenvalue weighted by atomic mass is 32.1. The van der Waals surface area contributed by atoms with Crippen LogP contribution in [-0.2, 0) is 4.79 Å². The SMILES string of the molecule is O=C(CCC1CCCC1)Nc1ccc2sc(NC(=O)c3ccccc3)nc2c1. The standard InChI is InChI=1S/C22H23N3O2S/c26-20(13-10-15-6-4-5-7-15)23-17-11-12-19-18(14-17)24-22(28-19)25-21(27)16-8-2-1-3-9-16/h1-3,8-9,11-12,14-15H,4-7,10,13H2,(H,23,26)(H,24,25,27). The van der Waals surface area contributed by atoms with Gasteiger partial charge in [0.05, 0.1) is 10.2 Å². The number of aromatic nitrogens is 1. The van der Waals surface area contributed by atoms with Gasteiger partial charge in [-0.2, -0.15) is 0 Å². The summed E-state index contributed by atoms with van der Waals surface area (Å²) in [5, 5.41) is 6.36. The van der Waals surface area contributed by atoms with E-state index in [0.29, 0.717) is 23.0 Å². The first-order valence-corrected chi connectivity index (χ1v) is 10.6. The van der Waals surface area contributed by atoms with Crippen molar-refractivity contribution in [2.75, 3.05) is 10.6 Å². The summed E-state index contributed by atoms with van der Waals surface area (Å²) in [6, 6.07) is 14.7. The summed E-state index contributed by atoms with van der Waals surface area (Å²) in [7, 11) is 0. The molecule has 1 heterocycles. The average molecular weight is 394 g/mol. The van der Waals surface area contributed by atoms with Crippen molar-refractivity contribution < 1.29 is 9.59 Å². The van der Waals surface area contributed by atoms with E-state index in [0.717, 1.165) is 22.3 Å². The minimum absolute atomic E-state index is 0.0547. The molecule has 28 heavy (non-hydrogen) atoms. The van der Waals surface area contributed by atoms with E-state index in [1.54, 1.807) is 12.1 Å². The molecule has 0 spiro atoms. The van der Waals surface area contributed by atoms with E-state index in [4.69, 9.17) is 0 Å². The second kappa shape index (κ2) is 8.52. The molecule has 2 aromatic carbocycles. The Morgan fingerprint density at radius 2 is 1.82 bits per heavy atom. The first kappa shape index (κ1) is 18.6. The van der Waals surface area contributed by atoms with Crippen molar-refractivity contribution in [1.82, 2.24) is 4.98 Å². The largest absolute Gasteiger partial charge is 0.326 e. The molecule has 0 saturated heterocycles. The summed E-state index contributed by atoms with van der Waals surface area (Å²) in [6.45, 7) is 0. The van der Waals surface area contributed by atoms with Gasteiger partial charge in [0.1, 0.15) is 0 Å². The second-order valence-electron chi connectivity index (χ2n) is 7.26. The van der Waals surface area contributed by atoms with Crippen LogP contribution in [0.5, 0.6) is 0 Å². The van der Waals surface area contributed by atoms with Crippen LogP contribution in [0.1, 0.15) is 48.9 Å². The minimum atomic E-state index is -0.180. The highest BCUT2D eigenvalue weighted by Crippen LogP contribution is 2.30. The zero-order chi connectivity index (χ0) is 19.3. The predicted octanol–water partition coefficient (Wildman–Crippen LogP) is 5.46. The van der Waals surface area contributed by atoms with Gasteiger partial charge in [0.15, 0.2) is 5.13 Å². The van der Waals surface area contributed by atoms with Crippen LogP contribution in [-0.4, -0.2) is 16.8 Å². The molecule has 0 radical (unpaired) electrons. The Labute approximate surface area is 168 Å². The molecule has 5 nitrogen and oxygen atoms in total. The minimum Gasteiger partial charge on any atom is -0.326 e. The normalized spacial score (nSPS) is 14.3. The second-order valence-corrected chi connectivity index (χ2v) is 8.29. The number of anilines is 2. The zero-order valence-corrected chi connectivity index (χ0v) is 16.4. The van der Waals surface area contributed by atoms with Gasteiger partial charge in [-0.25, -0.2) is 4.98 Å². The van der Waals surface area contributed by atoms with Crippen LogP contribution in [0.4, 0.5) is 10.8 Å². The van der Waals surface area contributed by atoms with E-state index in [1.807, 2.05) is 36.4 Å². The van der Waals surface area contributed by atoms with Crippen molar-refractivity contribution in [3.63, 3.8) is 0 Å². The zero-order valence-electron chi connectivity index (χ0n) is 15.6. The topological polar surface area (TPSA) is 71.1 Å². The summed E-state index contributed by atoms with van der Waals surface area (Å²) in [4.78, 5) is 29.0. The van der Waals surface area contributed by atoms with Gasteiger partial charge >= 0.3 is 0 Å². The van der Waals surface area contributed by atoms with Crippen molar-refractivity contribution in [3.05, 3.63) is 54.1 Å². The number of carbonyl (C=O) groups is 2. The number of carbonyl (C=O) groups excluding carboxylic acids is 2. The number of nitrogens with one attached hydrogen (secondary N) is 2. The Morgan fingerprint density at radius 3 is 2.61 bits per heavy atom. The van der Waals surface area contributed by atoms with Gasteiger partial charge in [-0.1, -0.05) is 55.2 Å². The fraction of sp³-hybridized carbons (Fsp3) is 0.318. The quantitative estimate of drug-likeness (QED) is 0.584. The van der Waals surface area contributed by atoms with E-state index >= 15 is 0 Å². The summed E-state index contributed by atoms with van der Waals surface area (Å²) >= 11 is 1.42. The maximum absolute atomic E-state index is 12.3. The van der Waals surface area contributed by atoms with Gasteiger partial charge in [0.2, 0.25) is 5.91 Å². The number of benzene rings is 2. The molecular formula is C22H23N3O2S. The lowest BCUT2D eigenvalue weighted by Crippen LogP contribution is -2.12. The summed E-state index contributed by atoms with van der Waals surface area (Å²) in [5.74, 6) is 0.585. The number of rotatable bonds is 6. The molecule has 0 unspecified atom stereocenters. The van der Waals surface area contributed by atoms with E-state index in [1.165, 1.54) is 37.0 Å². The van der Waals surface area contributed by atoms with Gasteiger partial charge in [-0.15, -0.1) is 0 Å². The molecule has 1 fully saturated rings. The highest BCUT2D eigenvalue weighted by Gasteiger charge is 2.16. The number of fused-ring (bicyclic) bond motifs is 1. The lowest BCUT2D eigenvalue weighted by atomic mass is 10.0. The highest BCUT2D eigenvalue weighted by molar-refractivity contribution is 7.22. The van der Waals surface area contributed by atoms with E-state index in [-0.39, 0.29) is 11.8 Å². The molecule has 4 rings (SSSR count). The number of hydrogen-bond acceptors (Lipinski definition) is 4. The van der Waals surface area contributed by atoms with E-state index in [9.17, 15) is 9.59 Å². The smallest absolute Gasteiger partial charge is 0.257 e. The van der Waals surface area contributed by atoms with Crippen LogP contribution in [0.15, 0.2) is 48.5 Å². The third-order valence-electron chi connectivity index (χ3n) is 5.18. The van der Waals surface area contributed by atoms with Crippen LogP contribution in [0.2, 0.25) is 0 Å². The third-order valence-corrected chi connectivity index (χ3v) is 6.13. The first-order valence-electron chi connectivity index (χ1n) is 9.74. The number of amides is 2. The lowest BCUT2D eigenvalue weighted by Gasteiger charge is -2.09. The molecule has 3 aromatic rings. The van der Waals surface area contributed by atoms with Gasteiger partial charge in [0, 0.05) is 17.7 Å². The Balaban J connectivity index is 1.38. The fourth-order valence-corrected chi connectivity index (χ4v) is 4.52. The number of hydrogen-bond donors (Lipinski definition) is 2. The van der Waals surface area contributed by atoms with Crippen LogP contribution < -0.4 is 10.6 Å². The third kappa shape index (κ3) is 4.57. The molecule has 0 atom stereocenters. The van der Waals surface area contributed by atoms with Gasteiger partial charge in [-0.05, 0) is 42.7 Å². The Hall–Kier alpha value is -2.73. The van der Waals surface area contributed by atoms with Crippen LogP contribution in [0.25, 0.3) is 10.2 Å². The molecule has 144 valence electrons. The maximum Gasteiger partial charge on any atom is 0.257 e. The Morgan fingerprint density at radius 1 is 1.04 bits per heavy atom. The van der Waals surface area contributed by atoms with Gasteiger partial charge in [-0.3, -0.25) is 14.9 Å². The molecule has 2 amide bonds. The first-order chi connectivity index (χ1) is 13.7. The Kier molecular flexibility index (Phi) is 5.67. The van der Waals surface area contributed by atoms with Crippen molar-refractivity contribution in [2.45, 2.75) is 38.5 Å². The molecule has 1 aromatic heterocycles. The molecule has 0 aliphatic heterocycles. The Bertz CT molecular complexity index is 978. The number of nitrogens with zero attached hydrogens (tertiary/aromatic N) is 1. The van der Waals surface area contributed by atoms with Gasteiger partial charge in [0.25, 0.3) is 5.91 Å². The van der Waals surface area contributed by atoms with E-state index < -0.39 is 0 Å².